The van der Waals surface area contributed by atoms with Crippen LogP contribution in [-0.2, 0) is 0 Å². The van der Waals surface area contributed by atoms with Crippen molar-refractivity contribution < 1.29 is 0 Å². The third-order valence-electron chi connectivity index (χ3n) is 6.53. The zero-order chi connectivity index (χ0) is 20.7. The minimum Gasteiger partial charge on any atom is -0.357 e. The van der Waals surface area contributed by atoms with Gasteiger partial charge < -0.3 is 15.1 Å². The third-order valence-corrected chi connectivity index (χ3v) is 8.07. The Labute approximate surface area is 208 Å². The molecule has 3 fully saturated rings. The molecule has 0 atom stereocenters. The topological polar surface area (TPSA) is 59.9 Å². The van der Waals surface area contributed by atoms with Crippen LogP contribution in [0.25, 0.3) is 0 Å². The van der Waals surface area contributed by atoms with Gasteiger partial charge in [0.1, 0.15) is 0 Å². The van der Waals surface area contributed by atoms with Crippen LogP contribution >= 0.6 is 35.7 Å². The van der Waals surface area contributed by atoms with E-state index in [-0.39, 0.29) is 24.0 Å². The summed E-state index contributed by atoms with van der Waals surface area (Å²) in [5.74, 6) is 3.21. The summed E-state index contributed by atoms with van der Waals surface area (Å²) in [4.78, 5) is 21.1. The van der Waals surface area contributed by atoms with Gasteiger partial charge in [-0.25, -0.2) is 9.97 Å². The van der Waals surface area contributed by atoms with Crippen LogP contribution in [0.2, 0.25) is 0 Å². The Bertz CT molecular complexity index is 670. The maximum absolute atomic E-state index is 5.03. The molecule has 1 aliphatic carbocycles. The molecule has 0 unspecified atom stereocenters. The summed E-state index contributed by atoms with van der Waals surface area (Å²) in [6.45, 7) is 11.3. The monoisotopic (exact) mass is 559 g/mol. The van der Waals surface area contributed by atoms with Crippen molar-refractivity contribution in [3.8, 4) is 0 Å². The molecule has 4 rings (SSSR count). The van der Waals surface area contributed by atoms with Gasteiger partial charge in [0.05, 0.1) is 6.54 Å². The van der Waals surface area contributed by atoms with E-state index in [0.717, 1.165) is 64.3 Å². The lowest BCUT2D eigenvalue weighted by molar-refractivity contribution is 0.262. The number of nitrogens with one attached hydrogen (secondary N) is 1. The highest BCUT2D eigenvalue weighted by Crippen LogP contribution is 2.42. The number of rotatable bonds is 5. The van der Waals surface area contributed by atoms with E-state index in [4.69, 9.17) is 4.99 Å². The van der Waals surface area contributed by atoms with Crippen LogP contribution in [0.3, 0.4) is 0 Å². The number of nitrogens with zero attached hydrogens (tertiary/aromatic N) is 6. The largest absolute Gasteiger partial charge is 0.357 e. The van der Waals surface area contributed by atoms with Gasteiger partial charge in [-0.15, -0.1) is 24.0 Å². The molecule has 1 aromatic heterocycles. The second kappa shape index (κ2) is 12.4. The molecule has 0 bridgehead atoms. The van der Waals surface area contributed by atoms with Gasteiger partial charge in [-0.05, 0) is 25.8 Å². The van der Waals surface area contributed by atoms with Crippen molar-refractivity contribution in [1.29, 1.82) is 0 Å². The van der Waals surface area contributed by atoms with E-state index in [1.807, 2.05) is 18.5 Å². The van der Waals surface area contributed by atoms with Crippen molar-refractivity contribution in [1.82, 2.24) is 25.1 Å². The fraction of sp³-hybridized carbons (Fsp3) is 0.773. The maximum atomic E-state index is 5.03. The van der Waals surface area contributed by atoms with Crippen LogP contribution < -0.4 is 10.2 Å². The lowest BCUT2D eigenvalue weighted by atomic mass is 9.87. The average molecular weight is 560 g/mol. The maximum Gasteiger partial charge on any atom is 0.225 e. The second-order valence-corrected chi connectivity index (χ2v) is 10.2. The molecule has 3 heterocycles. The van der Waals surface area contributed by atoms with Crippen LogP contribution in [0.1, 0.15) is 39.0 Å². The Morgan fingerprint density at radius 2 is 1.84 bits per heavy atom. The van der Waals surface area contributed by atoms with Crippen LogP contribution in [0, 0.1) is 0 Å². The Balaban J connectivity index is 0.00000272. The minimum atomic E-state index is 0. The molecule has 2 saturated heterocycles. The highest BCUT2D eigenvalue weighted by Gasteiger charge is 2.38. The Morgan fingerprint density at radius 1 is 1.10 bits per heavy atom. The standard InChI is InChI=1S/C22H37N7S.HI/c1-2-23-20(29-17-18-30-22(19-29)7-4-3-5-8-22)26-11-12-27-13-15-28(16-14-27)21-24-9-6-10-25-21;/h6,9-10H,2-5,7-8,11-19H2,1H3,(H,23,26);1H. The lowest BCUT2D eigenvalue weighted by Gasteiger charge is -2.45. The highest BCUT2D eigenvalue weighted by molar-refractivity contribution is 14.0. The van der Waals surface area contributed by atoms with Gasteiger partial charge in [0.15, 0.2) is 5.96 Å². The van der Waals surface area contributed by atoms with Gasteiger partial charge >= 0.3 is 0 Å². The van der Waals surface area contributed by atoms with Gasteiger partial charge in [0.25, 0.3) is 0 Å². The minimum absolute atomic E-state index is 0. The molecule has 31 heavy (non-hydrogen) atoms. The fourth-order valence-corrected chi connectivity index (χ4v) is 6.44. The molecule has 3 aliphatic rings. The fourth-order valence-electron chi connectivity index (χ4n) is 4.87. The van der Waals surface area contributed by atoms with E-state index in [2.05, 4.69) is 48.7 Å². The van der Waals surface area contributed by atoms with Crippen molar-refractivity contribution >= 4 is 47.6 Å². The van der Waals surface area contributed by atoms with Crippen LogP contribution in [0.15, 0.2) is 23.5 Å². The first-order valence-corrected chi connectivity index (χ1v) is 12.7. The van der Waals surface area contributed by atoms with E-state index in [0.29, 0.717) is 4.75 Å². The molecule has 9 heteroatoms. The highest BCUT2D eigenvalue weighted by atomic mass is 127. The summed E-state index contributed by atoms with van der Waals surface area (Å²) in [7, 11) is 0. The first-order chi connectivity index (χ1) is 14.8. The van der Waals surface area contributed by atoms with Crippen molar-refractivity contribution in [3.63, 3.8) is 0 Å². The summed E-state index contributed by atoms with van der Waals surface area (Å²) in [6, 6.07) is 1.87. The SMILES string of the molecule is CCNC(=NCCN1CCN(c2ncccn2)CC1)N1CCSC2(CCCCC2)C1.I. The number of hydrogen-bond donors (Lipinski definition) is 1. The predicted molar refractivity (Wildman–Crippen MR) is 142 cm³/mol. The number of piperazine rings is 1. The van der Waals surface area contributed by atoms with Gasteiger partial charge in [-0.1, -0.05) is 19.3 Å². The molecular formula is C22H38IN7S. The molecule has 7 nitrogen and oxygen atoms in total. The average Bonchev–Trinajstić information content (AvgIpc) is 2.80. The molecular weight excluding hydrogens is 521 g/mol. The first kappa shape index (κ1) is 24.8. The summed E-state index contributed by atoms with van der Waals surface area (Å²) in [5, 5.41) is 3.56. The smallest absolute Gasteiger partial charge is 0.225 e. The molecule has 0 aromatic carbocycles. The Kier molecular flexibility index (Phi) is 9.96. The van der Waals surface area contributed by atoms with E-state index in [9.17, 15) is 0 Å². The van der Waals surface area contributed by atoms with Crippen molar-refractivity contribution in [2.75, 3.05) is 69.6 Å². The van der Waals surface area contributed by atoms with Crippen LogP contribution in [-0.4, -0.2) is 95.1 Å². The lowest BCUT2D eigenvalue weighted by Crippen LogP contribution is -2.53. The number of anilines is 1. The zero-order valence-corrected chi connectivity index (χ0v) is 22.0. The number of aliphatic imine (C=N–C) groups is 1. The van der Waals surface area contributed by atoms with Crippen molar-refractivity contribution in [2.45, 2.75) is 43.8 Å². The van der Waals surface area contributed by atoms with E-state index in [1.54, 1.807) is 0 Å². The van der Waals surface area contributed by atoms with Gasteiger partial charge in [-0.3, -0.25) is 9.89 Å². The molecule has 1 spiro atoms. The summed E-state index contributed by atoms with van der Waals surface area (Å²) < 4.78 is 0.475. The van der Waals surface area contributed by atoms with Gasteiger partial charge in [-0.2, -0.15) is 11.8 Å². The van der Waals surface area contributed by atoms with Crippen LogP contribution in [0.5, 0.6) is 0 Å². The summed E-state index contributed by atoms with van der Waals surface area (Å²) in [6.07, 6.45) is 10.6. The zero-order valence-electron chi connectivity index (χ0n) is 18.8. The number of halogens is 1. The van der Waals surface area contributed by atoms with E-state index in [1.165, 1.54) is 44.4 Å². The first-order valence-electron chi connectivity index (χ1n) is 11.7. The van der Waals surface area contributed by atoms with Crippen LogP contribution in [0.4, 0.5) is 5.95 Å². The molecule has 1 aromatic rings. The molecule has 0 amide bonds. The number of thioether (sulfide) groups is 1. The number of aromatic nitrogens is 2. The molecule has 1 N–H and O–H groups in total. The predicted octanol–water partition coefficient (Wildman–Crippen LogP) is 2.93. The molecule has 1 saturated carbocycles. The summed E-state index contributed by atoms with van der Waals surface area (Å²) >= 11 is 2.22. The molecule has 174 valence electrons. The Hall–Kier alpha value is -0.810. The van der Waals surface area contributed by atoms with Crippen molar-refractivity contribution in [3.05, 3.63) is 18.5 Å². The van der Waals surface area contributed by atoms with Gasteiger partial charge in [0.2, 0.25) is 5.95 Å². The Morgan fingerprint density at radius 3 is 2.55 bits per heavy atom. The van der Waals surface area contributed by atoms with Crippen molar-refractivity contribution in [2.24, 2.45) is 4.99 Å². The summed E-state index contributed by atoms with van der Waals surface area (Å²) in [5.41, 5.74) is 0. The third kappa shape index (κ3) is 6.83. The quantitative estimate of drug-likeness (QED) is 0.338. The number of hydrogen-bond acceptors (Lipinski definition) is 6. The normalized spacial score (nSPS) is 22.3. The van der Waals surface area contributed by atoms with E-state index < -0.39 is 0 Å². The van der Waals surface area contributed by atoms with Gasteiger partial charge in [0, 0.05) is 75.3 Å². The number of guanidine groups is 1. The second-order valence-electron chi connectivity index (χ2n) is 8.63. The molecule has 0 radical (unpaired) electrons. The van der Waals surface area contributed by atoms with E-state index >= 15 is 0 Å². The molecule has 2 aliphatic heterocycles.